The summed E-state index contributed by atoms with van der Waals surface area (Å²) >= 11 is 7.64. The Morgan fingerprint density at radius 3 is 2.67 bits per heavy atom. The Kier molecular flexibility index (Phi) is 3.99. The smallest absolute Gasteiger partial charge is 0.268 e. The van der Waals surface area contributed by atoms with E-state index in [1.807, 2.05) is 40.8 Å². The molecule has 0 aliphatic rings. The van der Waals surface area contributed by atoms with E-state index in [9.17, 15) is 4.79 Å². The molecule has 0 N–H and O–H groups in total. The van der Waals surface area contributed by atoms with Crippen molar-refractivity contribution in [2.24, 2.45) is 0 Å². The van der Waals surface area contributed by atoms with Gasteiger partial charge in [-0.15, -0.1) is 0 Å². The van der Waals surface area contributed by atoms with Crippen molar-refractivity contribution in [2.45, 2.75) is 6.54 Å². The van der Waals surface area contributed by atoms with Crippen molar-refractivity contribution >= 4 is 34.2 Å². The lowest BCUT2D eigenvalue weighted by Crippen LogP contribution is -2.23. The van der Waals surface area contributed by atoms with Gasteiger partial charge < -0.3 is 0 Å². The second-order valence-electron chi connectivity index (χ2n) is 3.59. The van der Waals surface area contributed by atoms with Gasteiger partial charge in [-0.3, -0.25) is 9.36 Å². The predicted octanol–water partition coefficient (Wildman–Crippen LogP) is 2.42. The topological polar surface area (TPSA) is 58.7 Å². The predicted molar refractivity (Wildman–Crippen MR) is 76.5 cm³/mol. The summed E-state index contributed by atoms with van der Waals surface area (Å²) in [5.41, 5.74) is 1.35. The van der Waals surface area contributed by atoms with Gasteiger partial charge in [0.15, 0.2) is 0 Å². The number of aromatic nitrogens is 2. The largest absolute Gasteiger partial charge is 0.294 e. The van der Waals surface area contributed by atoms with Gasteiger partial charge in [-0.05, 0) is 40.3 Å². The van der Waals surface area contributed by atoms with E-state index in [0.717, 1.165) is 5.56 Å². The minimum atomic E-state index is -0.167. The molecule has 1 aromatic heterocycles. The molecule has 0 aliphatic carbocycles. The molecule has 0 amide bonds. The maximum absolute atomic E-state index is 11.9. The van der Waals surface area contributed by atoms with E-state index in [4.69, 9.17) is 16.9 Å². The van der Waals surface area contributed by atoms with Crippen LogP contribution < -0.4 is 5.56 Å². The lowest BCUT2D eigenvalue weighted by Gasteiger charge is -2.06. The highest BCUT2D eigenvalue weighted by molar-refractivity contribution is 14.1. The normalized spacial score (nSPS) is 10.1. The molecule has 0 saturated carbocycles. The number of hydrogen-bond donors (Lipinski definition) is 0. The molecule has 0 fully saturated rings. The van der Waals surface area contributed by atoms with Crippen LogP contribution >= 0.6 is 34.2 Å². The summed E-state index contributed by atoms with van der Waals surface area (Å²) in [7, 11) is 0. The van der Waals surface area contributed by atoms with Gasteiger partial charge in [0, 0.05) is 0 Å². The van der Waals surface area contributed by atoms with Crippen molar-refractivity contribution in [3.05, 3.63) is 60.8 Å². The first kappa shape index (κ1) is 13.1. The van der Waals surface area contributed by atoms with Gasteiger partial charge in [-0.2, -0.15) is 5.26 Å². The second kappa shape index (κ2) is 5.50. The summed E-state index contributed by atoms with van der Waals surface area (Å²) in [4.78, 5) is 15.8. The van der Waals surface area contributed by atoms with Crippen molar-refractivity contribution in [2.75, 3.05) is 0 Å². The molecule has 18 heavy (non-hydrogen) atoms. The molecular weight excluding hydrogens is 365 g/mol. The van der Waals surface area contributed by atoms with Gasteiger partial charge >= 0.3 is 0 Å². The molecule has 6 heteroatoms. The number of halogens is 2. The highest BCUT2D eigenvalue weighted by Crippen LogP contribution is 2.10. The third kappa shape index (κ3) is 2.71. The lowest BCUT2D eigenvalue weighted by atomic mass is 10.1. The Balaban J connectivity index is 2.32. The Hall–Kier alpha value is -1.39. The second-order valence-corrected chi connectivity index (χ2v) is 5.03. The molecule has 0 spiro atoms. The van der Waals surface area contributed by atoms with Gasteiger partial charge in [0.1, 0.15) is 8.72 Å². The summed E-state index contributed by atoms with van der Waals surface area (Å²) in [5.74, 6) is 0. The van der Waals surface area contributed by atoms with Crippen LogP contribution in [0.15, 0.2) is 35.4 Å². The minimum Gasteiger partial charge on any atom is -0.294 e. The fourth-order valence-electron chi connectivity index (χ4n) is 1.44. The molecule has 1 heterocycles. The fourth-order valence-corrected chi connectivity index (χ4v) is 2.01. The molecule has 2 aromatic rings. The van der Waals surface area contributed by atoms with E-state index in [1.54, 1.807) is 12.1 Å². The van der Waals surface area contributed by atoms with Crippen LogP contribution in [0.1, 0.15) is 11.1 Å². The SMILES string of the molecule is N#Cc1ccc(Cn2cnc(Cl)c(I)c2=O)cc1. The first-order chi connectivity index (χ1) is 8.61. The van der Waals surface area contributed by atoms with Crippen LogP contribution in [-0.4, -0.2) is 9.55 Å². The van der Waals surface area contributed by atoms with E-state index in [0.29, 0.717) is 15.7 Å². The zero-order chi connectivity index (χ0) is 13.1. The molecule has 0 saturated heterocycles. The summed E-state index contributed by atoms with van der Waals surface area (Å²) in [6.07, 6.45) is 1.42. The van der Waals surface area contributed by atoms with Crippen molar-refractivity contribution in [1.82, 2.24) is 9.55 Å². The van der Waals surface area contributed by atoms with Crippen molar-refractivity contribution < 1.29 is 0 Å². The number of benzene rings is 1. The van der Waals surface area contributed by atoms with Crippen LogP contribution in [-0.2, 0) is 6.54 Å². The molecule has 0 atom stereocenters. The molecule has 4 nitrogen and oxygen atoms in total. The molecular formula is C12H7ClIN3O. The molecule has 1 aromatic carbocycles. The van der Waals surface area contributed by atoms with E-state index >= 15 is 0 Å². The first-order valence-electron chi connectivity index (χ1n) is 5.01. The first-order valence-corrected chi connectivity index (χ1v) is 6.47. The molecule has 2 rings (SSSR count). The average molecular weight is 372 g/mol. The summed E-state index contributed by atoms with van der Waals surface area (Å²) in [5, 5.41) is 8.92. The van der Waals surface area contributed by atoms with E-state index in [1.165, 1.54) is 10.9 Å². The maximum atomic E-state index is 11.9. The van der Waals surface area contributed by atoms with Crippen LogP contribution in [0.25, 0.3) is 0 Å². The van der Waals surface area contributed by atoms with Gasteiger partial charge in [0.05, 0.1) is 24.5 Å². The van der Waals surface area contributed by atoms with Crippen LogP contribution in [0.4, 0.5) is 0 Å². The molecule has 90 valence electrons. The fraction of sp³-hybridized carbons (Fsp3) is 0.0833. The van der Waals surface area contributed by atoms with Gasteiger partial charge in [-0.1, -0.05) is 23.7 Å². The van der Waals surface area contributed by atoms with Gasteiger partial charge in [-0.25, -0.2) is 4.98 Å². The minimum absolute atomic E-state index is 0.167. The van der Waals surface area contributed by atoms with E-state index in [-0.39, 0.29) is 10.7 Å². The summed E-state index contributed by atoms with van der Waals surface area (Å²) in [6, 6.07) is 9.10. The number of nitriles is 1. The quantitative estimate of drug-likeness (QED) is 0.602. The third-order valence-electron chi connectivity index (χ3n) is 2.38. The number of rotatable bonds is 2. The summed E-state index contributed by atoms with van der Waals surface area (Å²) in [6.45, 7) is 0.407. The number of hydrogen-bond acceptors (Lipinski definition) is 3. The third-order valence-corrected chi connectivity index (χ3v) is 3.95. The Morgan fingerprint density at radius 2 is 2.06 bits per heavy atom. The Bertz CT molecular complexity index is 673. The molecule has 0 unspecified atom stereocenters. The van der Waals surface area contributed by atoms with Crippen LogP contribution in [0.5, 0.6) is 0 Å². The van der Waals surface area contributed by atoms with Gasteiger partial charge in [0.2, 0.25) is 0 Å². The summed E-state index contributed by atoms with van der Waals surface area (Å²) < 4.78 is 1.89. The zero-order valence-corrected chi connectivity index (χ0v) is 12.0. The van der Waals surface area contributed by atoms with Crippen LogP contribution in [0.3, 0.4) is 0 Å². The maximum Gasteiger partial charge on any atom is 0.268 e. The van der Waals surface area contributed by atoms with Gasteiger partial charge in [0.25, 0.3) is 5.56 Å². The zero-order valence-electron chi connectivity index (χ0n) is 9.10. The van der Waals surface area contributed by atoms with E-state index in [2.05, 4.69) is 4.98 Å². The van der Waals surface area contributed by atoms with Crippen molar-refractivity contribution in [1.29, 1.82) is 5.26 Å². The Labute approximate surface area is 122 Å². The standard InChI is InChI=1S/C12H7ClIN3O/c13-11-10(14)12(18)17(7-16-11)6-9-3-1-8(5-15)2-4-9/h1-4,7H,6H2. The van der Waals surface area contributed by atoms with Crippen molar-refractivity contribution in [3.63, 3.8) is 0 Å². The molecule has 0 bridgehead atoms. The van der Waals surface area contributed by atoms with Crippen molar-refractivity contribution in [3.8, 4) is 6.07 Å². The molecule has 0 radical (unpaired) electrons. The highest BCUT2D eigenvalue weighted by atomic mass is 127. The van der Waals surface area contributed by atoms with Crippen LogP contribution in [0, 0.1) is 14.9 Å². The lowest BCUT2D eigenvalue weighted by molar-refractivity contribution is 0.730. The Morgan fingerprint density at radius 1 is 1.39 bits per heavy atom. The monoisotopic (exact) mass is 371 g/mol. The highest BCUT2D eigenvalue weighted by Gasteiger charge is 2.07. The van der Waals surface area contributed by atoms with E-state index < -0.39 is 0 Å². The van der Waals surface area contributed by atoms with Crippen LogP contribution in [0.2, 0.25) is 5.15 Å². The molecule has 0 aliphatic heterocycles. The average Bonchev–Trinajstić information content (AvgIpc) is 2.40. The number of nitrogens with zero attached hydrogens (tertiary/aromatic N) is 3.